The molecule has 0 rings (SSSR count). The molecule has 0 fully saturated rings. The maximum Gasteiger partial charge on any atom is 0.306 e. The third-order valence-electron chi connectivity index (χ3n) is 15.3. The van der Waals surface area contributed by atoms with Gasteiger partial charge in [-0.2, -0.15) is 0 Å². The van der Waals surface area contributed by atoms with Crippen LogP contribution < -0.4 is 5.11 Å². The number of carbonyl (C=O) groups is 3. The lowest BCUT2D eigenvalue weighted by atomic mass is 10.0. The van der Waals surface area contributed by atoms with Crippen molar-refractivity contribution in [2.24, 2.45) is 0 Å². The number of carboxylic acid groups (broad SMARTS) is 1. The molecule has 0 spiro atoms. The maximum atomic E-state index is 12.9. The van der Waals surface area contributed by atoms with Gasteiger partial charge in [0.2, 0.25) is 0 Å². The van der Waals surface area contributed by atoms with Crippen LogP contribution in [0.3, 0.4) is 0 Å². The summed E-state index contributed by atoms with van der Waals surface area (Å²) in [5.41, 5.74) is 0. The van der Waals surface area contributed by atoms with Crippen LogP contribution in [0.25, 0.3) is 0 Å². The molecule has 0 bridgehead atoms. The van der Waals surface area contributed by atoms with Crippen LogP contribution in [0.1, 0.15) is 309 Å². The molecule has 0 amide bonds. The fourth-order valence-electron chi connectivity index (χ4n) is 9.93. The average molecular weight is 1190 g/mol. The lowest BCUT2D eigenvalue weighted by Gasteiger charge is -2.26. The molecule has 0 saturated heterocycles. The molecule has 0 heterocycles. The van der Waals surface area contributed by atoms with E-state index in [-0.39, 0.29) is 38.6 Å². The smallest absolute Gasteiger partial charge is 0.306 e. The molecule has 0 aromatic rings. The molecule has 9 heteroatoms. The van der Waals surface area contributed by atoms with Crippen LogP contribution in [-0.4, -0.2) is 82.3 Å². The van der Waals surface area contributed by atoms with Crippen molar-refractivity contribution in [2.45, 2.75) is 322 Å². The van der Waals surface area contributed by atoms with Gasteiger partial charge >= 0.3 is 11.9 Å². The number of nitrogens with zero attached hydrogens (tertiary/aromatic N) is 1. The molecule has 0 aliphatic carbocycles. The highest BCUT2D eigenvalue weighted by Crippen LogP contribution is 2.18. The Morgan fingerprint density at radius 1 is 0.365 bits per heavy atom. The van der Waals surface area contributed by atoms with E-state index in [4.69, 9.17) is 18.9 Å². The predicted molar refractivity (Wildman–Crippen MR) is 361 cm³/mol. The van der Waals surface area contributed by atoms with Crippen molar-refractivity contribution in [2.75, 3.05) is 47.5 Å². The Labute approximate surface area is 524 Å². The third-order valence-corrected chi connectivity index (χ3v) is 15.3. The summed E-state index contributed by atoms with van der Waals surface area (Å²) >= 11 is 0. The Morgan fingerprint density at radius 2 is 0.671 bits per heavy atom. The Balaban J connectivity index is 3.99. The molecule has 0 aliphatic heterocycles. The number of carbonyl (C=O) groups excluding carboxylic acids is 3. The van der Waals surface area contributed by atoms with Crippen molar-refractivity contribution >= 4 is 17.9 Å². The summed E-state index contributed by atoms with van der Waals surface area (Å²) in [6, 6.07) is 0. The number of unbranched alkanes of at least 4 members (excludes halogenated alkanes) is 34. The number of ether oxygens (including phenoxy) is 4. The minimum atomic E-state index is -1.62. The molecule has 0 N–H and O–H groups in total. The highest BCUT2D eigenvalue weighted by molar-refractivity contribution is 5.70. The van der Waals surface area contributed by atoms with E-state index in [1.54, 1.807) is 0 Å². The van der Waals surface area contributed by atoms with Gasteiger partial charge < -0.3 is 33.3 Å². The summed E-state index contributed by atoms with van der Waals surface area (Å²) in [4.78, 5) is 37.4. The second kappa shape index (κ2) is 66.2. The summed E-state index contributed by atoms with van der Waals surface area (Å²) in [5.74, 6) is -2.28. The first-order valence-corrected chi connectivity index (χ1v) is 35.4. The molecule has 0 aromatic carbocycles. The van der Waals surface area contributed by atoms with Gasteiger partial charge in [-0.25, -0.2) is 0 Å². The Morgan fingerprint density at radius 3 is 1.00 bits per heavy atom. The molecule has 0 aliphatic rings. The van der Waals surface area contributed by atoms with Crippen molar-refractivity contribution in [1.29, 1.82) is 0 Å². The van der Waals surface area contributed by atoms with Gasteiger partial charge in [0.15, 0.2) is 12.4 Å². The highest BCUT2D eigenvalue weighted by atomic mass is 16.7. The fourth-order valence-corrected chi connectivity index (χ4v) is 9.93. The number of allylic oxidation sites excluding steroid dienone is 16. The molecular formula is C76H133NO8. The second-order valence-electron chi connectivity index (χ2n) is 24.8. The van der Waals surface area contributed by atoms with Crippen molar-refractivity contribution in [1.82, 2.24) is 0 Å². The van der Waals surface area contributed by atoms with E-state index in [9.17, 15) is 19.5 Å². The number of esters is 2. The van der Waals surface area contributed by atoms with E-state index in [1.165, 1.54) is 199 Å². The number of hydrogen-bond acceptors (Lipinski definition) is 8. The van der Waals surface area contributed by atoms with Gasteiger partial charge in [-0.3, -0.25) is 9.59 Å². The summed E-state index contributed by atoms with van der Waals surface area (Å²) in [5, 5.41) is 11.8. The zero-order valence-electron chi connectivity index (χ0n) is 56.0. The number of likely N-dealkylation sites (N-methyl/N-ethyl adjacent to an activating group) is 1. The molecule has 2 unspecified atom stereocenters. The molecule has 0 radical (unpaired) electrons. The number of aliphatic carboxylic acids is 1. The van der Waals surface area contributed by atoms with Crippen LogP contribution in [0.5, 0.6) is 0 Å². The van der Waals surface area contributed by atoms with Crippen molar-refractivity contribution in [3.63, 3.8) is 0 Å². The SMILES string of the molecule is CC/C=C\C/C=C\C/C=C\C/C=C\C/C=C\C/C=C\CCCCCCCCCCCCCCCCCCCCCCCCC(=O)OC(COC(=O)CCCCCCCCCCC/C=C\C/C=C\CCCCC)COC(OCC[N+](C)(C)C)C(=O)[O-]. The summed E-state index contributed by atoms with van der Waals surface area (Å²) < 4.78 is 22.8. The van der Waals surface area contributed by atoms with Gasteiger partial charge in [0.25, 0.3) is 0 Å². The zero-order valence-corrected chi connectivity index (χ0v) is 56.0. The molecule has 0 saturated carbocycles. The van der Waals surface area contributed by atoms with Gasteiger partial charge in [0.1, 0.15) is 13.2 Å². The highest BCUT2D eigenvalue weighted by Gasteiger charge is 2.22. The Hall–Kier alpha value is -3.79. The minimum Gasteiger partial charge on any atom is -0.545 e. The van der Waals surface area contributed by atoms with Crippen LogP contribution in [0.4, 0.5) is 0 Å². The van der Waals surface area contributed by atoms with Crippen LogP contribution in [0, 0.1) is 0 Å². The fraction of sp³-hybridized carbons (Fsp3) is 0.750. The lowest BCUT2D eigenvalue weighted by Crippen LogP contribution is -2.44. The van der Waals surface area contributed by atoms with Crippen LogP contribution >= 0.6 is 0 Å². The van der Waals surface area contributed by atoms with E-state index in [0.29, 0.717) is 17.4 Å². The van der Waals surface area contributed by atoms with E-state index in [1.807, 2.05) is 21.1 Å². The Bertz CT molecular complexity index is 1720. The van der Waals surface area contributed by atoms with Crippen molar-refractivity contribution in [3.05, 3.63) is 97.2 Å². The third kappa shape index (κ3) is 67.6. The first-order chi connectivity index (χ1) is 41.6. The summed E-state index contributed by atoms with van der Waals surface area (Å²) in [7, 11) is 5.93. The molecule has 9 nitrogen and oxygen atoms in total. The van der Waals surface area contributed by atoms with Gasteiger partial charge in [-0.1, -0.05) is 297 Å². The van der Waals surface area contributed by atoms with Gasteiger partial charge in [-0.15, -0.1) is 0 Å². The predicted octanol–water partition coefficient (Wildman–Crippen LogP) is 20.7. The van der Waals surface area contributed by atoms with E-state index in [0.717, 1.165) is 77.0 Å². The molecule has 2 atom stereocenters. The first-order valence-electron chi connectivity index (χ1n) is 35.4. The standard InChI is InChI=1S/C76H133NO8/c1-6-8-10-12-14-16-18-20-22-24-26-27-28-29-30-31-32-33-34-35-36-37-38-39-40-41-42-43-44-45-46-47-49-51-53-55-57-59-61-63-65-67-74(79)85-72(71-84-76(75(80)81)82-69-68-77(3,4)5)70-83-73(78)66-64-62-60-58-56-54-52-50-48-25-23-21-19-17-15-13-11-9-7-2/h8,10,14-17,20-23,26-27,29-30,32-33,72,76H,6-7,9,11-13,18-19,24-25,28,31,34-71H2,1-5H3/b10-8-,16-14-,17-15-,22-20-,23-21-,27-26-,30-29-,33-32-. The minimum absolute atomic E-state index is 0.146. The molecular weight excluding hydrogens is 1050 g/mol. The van der Waals surface area contributed by atoms with Crippen molar-refractivity contribution in [3.8, 4) is 0 Å². The topological polar surface area (TPSA) is 111 Å². The van der Waals surface area contributed by atoms with Gasteiger partial charge in [-0.05, 0) is 96.3 Å². The number of carboxylic acids is 1. The van der Waals surface area contributed by atoms with Gasteiger partial charge in [0.05, 0.1) is 40.3 Å². The largest absolute Gasteiger partial charge is 0.545 e. The Kier molecular flexibility index (Phi) is 63.2. The number of quaternary nitrogens is 1. The number of rotatable bonds is 65. The molecule has 85 heavy (non-hydrogen) atoms. The van der Waals surface area contributed by atoms with Gasteiger partial charge in [0, 0.05) is 12.8 Å². The first kappa shape index (κ1) is 81.2. The second-order valence-corrected chi connectivity index (χ2v) is 24.8. The lowest BCUT2D eigenvalue weighted by molar-refractivity contribution is -0.870. The normalized spacial score (nSPS) is 13.3. The van der Waals surface area contributed by atoms with E-state index in [2.05, 4.69) is 111 Å². The summed E-state index contributed by atoms with van der Waals surface area (Å²) in [6.45, 7) is 4.63. The summed E-state index contributed by atoms with van der Waals surface area (Å²) in [6.07, 6.45) is 87.8. The molecule has 490 valence electrons. The quantitative estimate of drug-likeness (QED) is 0.0195. The number of hydrogen-bond donors (Lipinski definition) is 0. The zero-order chi connectivity index (χ0) is 61.9. The monoisotopic (exact) mass is 1190 g/mol. The van der Waals surface area contributed by atoms with E-state index < -0.39 is 24.3 Å². The van der Waals surface area contributed by atoms with Crippen molar-refractivity contribution < 1.29 is 42.9 Å². The van der Waals surface area contributed by atoms with E-state index >= 15 is 0 Å². The van der Waals surface area contributed by atoms with Crippen LogP contribution in [0.15, 0.2) is 97.2 Å². The van der Waals surface area contributed by atoms with Crippen LogP contribution in [-0.2, 0) is 33.3 Å². The maximum absolute atomic E-state index is 12.9. The molecule has 0 aromatic heterocycles. The van der Waals surface area contributed by atoms with Crippen LogP contribution in [0.2, 0.25) is 0 Å². The average Bonchev–Trinajstić information content (AvgIpc) is 3.49.